The van der Waals surface area contributed by atoms with Gasteiger partial charge in [0.15, 0.2) is 0 Å². The van der Waals surface area contributed by atoms with E-state index in [0.717, 1.165) is 0 Å². The molecule has 0 atom stereocenters. The normalized spacial score (nSPS) is 15.2. The number of anilines is 6. The minimum absolute atomic E-state index is 0.559. The topological polar surface area (TPSA) is 6.48 Å². The molecule has 0 N–H and O–H groups in total. The third kappa shape index (κ3) is 7.99. The molecule has 0 bridgehead atoms. The maximum Gasteiger partial charge on any atom is 0.0540 e. The first-order valence-corrected chi connectivity index (χ1v) is 23.0. The third-order valence-electron chi connectivity index (χ3n) is 13.6. The lowest BCUT2D eigenvalue weighted by molar-refractivity contribution is 0.445. The van der Waals surface area contributed by atoms with Gasteiger partial charge < -0.3 is 9.80 Å². The fourth-order valence-corrected chi connectivity index (χ4v) is 11.3. The molecular formula is C58H64N2. The standard InChI is InChI=1S/C58H64N2/c1-37-23-38(2)28-47(27-37)59(48-29-39(3)24-40(4)30-48)57-21-19-51(45-15-11-9-12-16-45)53-36-56-54(35-55(53)57)52(46-17-13-10-14-18-46)20-22-58(56)60(49-31-41(5)25-42(6)32-49)50-33-43(7)26-44(8)34-50/h19-36,45-46H,9-18H2,1-8H3. The molecule has 7 aromatic rings. The smallest absolute Gasteiger partial charge is 0.0540 e. The zero-order valence-electron chi connectivity index (χ0n) is 37.5. The van der Waals surface area contributed by atoms with Crippen LogP contribution < -0.4 is 9.80 Å². The molecule has 2 saturated carbocycles. The van der Waals surface area contributed by atoms with Crippen LogP contribution in [0.1, 0.15) is 132 Å². The molecular weight excluding hydrogens is 725 g/mol. The average molecular weight is 789 g/mol. The van der Waals surface area contributed by atoms with Crippen LogP contribution in [0, 0.1) is 55.4 Å². The first-order chi connectivity index (χ1) is 29.0. The molecule has 0 unspecified atom stereocenters. The van der Waals surface area contributed by atoms with E-state index in [2.05, 4.69) is 174 Å². The van der Waals surface area contributed by atoms with Gasteiger partial charge in [-0.15, -0.1) is 0 Å². The summed E-state index contributed by atoms with van der Waals surface area (Å²) in [4.78, 5) is 5.14. The van der Waals surface area contributed by atoms with Gasteiger partial charge in [-0.3, -0.25) is 0 Å². The van der Waals surface area contributed by atoms with Crippen LogP contribution in [0.15, 0.2) is 109 Å². The van der Waals surface area contributed by atoms with E-state index in [1.807, 2.05) is 0 Å². The molecule has 9 rings (SSSR count). The third-order valence-corrected chi connectivity index (χ3v) is 13.6. The summed E-state index contributed by atoms with van der Waals surface area (Å²) in [6.45, 7) is 17.9. The van der Waals surface area contributed by atoms with E-state index in [-0.39, 0.29) is 0 Å². The Bertz CT molecular complexity index is 2350. The van der Waals surface area contributed by atoms with Crippen molar-refractivity contribution in [3.05, 3.63) is 165 Å². The summed E-state index contributed by atoms with van der Waals surface area (Å²) in [7, 11) is 0. The van der Waals surface area contributed by atoms with Gasteiger partial charge >= 0.3 is 0 Å². The van der Waals surface area contributed by atoms with Gasteiger partial charge in [-0.25, -0.2) is 0 Å². The number of nitrogens with zero attached hydrogens (tertiary/aromatic N) is 2. The fraction of sp³-hybridized carbons (Fsp3) is 0.345. The molecule has 0 radical (unpaired) electrons. The van der Waals surface area contributed by atoms with Gasteiger partial charge in [0.2, 0.25) is 0 Å². The Morgan fingerprint density at radius 2 is 0.567 bits per heavy atom. The predicted molar refractivity (Wildman–Crippen MR) is 260 cm³/mol. The Labute approximate surface area is 360 Å². The van der Waals surface area contributed by atoms with Crippen LogP contribution in [0.5, 0.6) is 0 Å². The molecule has 0 spiro atoms. The van der Waals surface area contributed by atoms with E-state index in [1.165, 1.54) is 176 Å². The molecule has 2 fully saturated rings. The van der Waals surface area contributed by atoms with Crippen LogP contribution in [0.4, 0.5) is 34.1 Å². The number of benzene rings is 7. The molecule has 0 amide bonds. The zero-order valence-corrected chi connectivity index (χ0v) is 37.5. The van der Waals surface area contributed by atoms with E-state index in [0.29, 0.717) is 11.8 Å². The number of rotatable bonds is 8. The monoisotopic (exact) mass is 789 g/mol. The van der Waals surface area contributed by atoms with Crippen molar-refractivity contribution < 1.29 is 0 Å². The van der Waals surface area contributed by atoms with Gasteiger partial charge in [0.05, 0.1) is 11.4 Å². The first-order valence-electron chi connectivity index (χ1n) is 23.0. The highest BCUT2D eigenvalue weighted by molar-refractivity contribution is 6.12. The van der Waals surface area contributed by atoms with E-state index in [9.17, 15) is 0 Å². The summed E-state index contributed by atoms with van der Waals surface area (Å²) in [6.07, 6.45) is 13.0. The highest BCUT2D eigenvalue weighted by Gasteiger charge is 2.27. The second-order valence-corrected chi connectivity index (χ2v) is 19.0. The van der Waals surface area contributed by atoms with Crippen molar-refractivity contribution >= 4 is 55.7 Å². The number of hydrogen-bond acceptors (Lipinski definition) is 2. The van der Waals surface area contributed by atoms with Crippen molar-refractivity contribution in [2.75, 3.05) is 9.80 Å². The van der Waals surface area contributed by atoms with Crippen molar-refractivity contribution in [3.8, 4) is 0 Å². The summed E-state index contributed by atoms with van der Waals surface area (Å²) in [6, 6.07) is 43.5. The Morgan fingerprint density at radius 3 is 0.833 bits per heavy atom. The van der Waals surface area contributed by atoms with Crippen LogP contribution in [-0.4, -0.2) is 0 Å². The van der Waals surface area contributed by atoms with E-state index in [4.69, 9.17) is 0 Å². The second kappa shape index (κ2) is 16.6. The van der Waals surface area contributed by atoms with Crippen molar-refractivity contribution in [1.82, 2.24) is 0 Å². The molecule has 7 aromatic carbocycles. The fourth-order valence-electron chi connectivity index (χ4n) is 11.3. The Balaban J connectivity index is 1.40. The molecule has 0 heterocycles. The molecule has 0 saturated heterocycles. The van der Waals surface area contributed by atoms with Crippen LogP contribution in [0.25, 0.3) is 21.5 Å². The van der Waals surface area contributed by atoms with Crippen LogP contribution in [0.3, 0.4) is 0 Å². The Morgan fingerprint density at radius 1 is 0.300 bits per heavy atom. The van der Waals surface area contributed by atoms with Gasteiger partial charge in [0, 0.05) is 33.5 Å². The summed E-state index contributed by atoms with van der Waals surface area (Å²) in [5.74, 6) is 1.12. The van der Waals surface area contributed by atoms with Crippen molar-refractivity contribution in [3.63, 3.8) is 0 Å². The summed E-state index contributed by atoms with van der Waals surface area (Å²) in [5, 5.41) is 5.55. The van der Waals surface area contributed by atoms with Crippen LogP contribution in [-0.2, 0) is 0 Å². The molecule has 306 valence electrons. The maximum atomic E-state index is 2.65. The highest BCUT2D eigenvalue weighted by Crippen LogP contribution is 2.50. The first kappa shape index (κ1) is 40.1. The number of fused-ring (bicyclic) bond motifs is 2. The van der Waals surface area contributed by atoms with Crippen molar-refractivity contribution in [2.24, 2.45) is 0 Å². The molecule has 2 heteroatoms. The van der Waals surface area contributed by atoms with Gasteiger partial charge in [0.25, 0.3) is 0 Å². The van der Waals surface area contributed by atoms with Crippen molar-refractivity contribution in [1.29, 1.82) is 0 Å². The zero-order chi connectivity index (χ0) is 41.7. The molecule has 0 aliphatic heterocycles. The largest absolute Gasteiger partial charge is 0.310 e. The Hall–Kier alpha value is -5.34. The lowest BCUT2D eigenvalue weighted by atomic mass is 9.79. The van der Waals surface area contributed by atoms with Gasteiger partial charge in [-0.05, 0) is 232 Å². The van der Waals surface area contributed by atoms with E-state index in [1.54, 1.807) is 0 Å². The lowest BCUT2D eigenvalue weighted by Crippen LogP contribution is -2.14. The highest BCUT2D eigenvalue weighted by atomic mass is 15.2. The Kier molecular flexibility index (Phi) is 11.1. The summed E-state index contributed by atoms with van der Waals surface area (Å²) in [5.41, 5.74) is 20.8. The number of aryl methyl sites for hydroxylation is 8. The quantitative estimate of drug-likeness (QED) is 0.142. The van der Waals surface area contributed by atoms with Gasteiger partial charge in [-0.2, -0.15) is 0 Å². The maximum absolute atomic E-state index is 2.65. The van der Waals surface area contributed by atoms with Crippen LogP contribution >= 0.6 is 0 Å². The number of hydrogen-bond donors (Lipinski definition) is 0. The second-order valence-electron chi connectivity index (χ2n) is 19.0. The summed E-state index contributed by atoms with van der Waals surface area (Å²) >= 11 is 0. The molecule has 60 heavy (non-hydrogen) atoms. The van der Waals surface area contributed by atoms with E-state index < -0.39 is 0 Å². The lowest BCUT2D eigenvalue weighted by Gasteiger charge is -2.32. The van der Waals surface area contributed by atoms with Gasteiger partial charge in [0.1, 0.15) is 0 Å². The average Bonchev–Trinajstić information content (AvgIpc) is 3.20. The molecule has 2 aliphatic carbocycles. The SMILES string of the molecule is Cc1cc(C)cc(N(c2cc(C)cc(C)c2)c2ccc(C3CCCCC3)c3cc4c(N(c5cc(C)cc(C)c5)c5cc(C)cc(C)c5)ccc(C5CCCCC5)c4cc23)c1. The minimum Gasteiger partial charge on any atom is -0.310 e. The van der Waals surface area contributed by atoms with E-state index >= 15 is 0 Å². The molecule has 2 aliphatic rings. The molecule has 2 nitrogen and oxygen atoms in total. The molecule has 0 aromatic heterocycles. The van der Waals surface area contributed by atoms with Gasteiger partial charge in [-0.1, -0.05) is 74.9 Å². The van der Waals surface area contributed by atoms with Crippen LogP contribution in [0.2, 0.25) is 0 Å². The summed E-state index contributed by atoms with van der Waals surface area (Å²) < 4.78 is 0. The minimum atomic E-state index is 0.559. The van der Waals surface area contributed by atoms with Crippen molar-refractivity contribution in [2.45, 2.75) is 131 Å². The predicted octanol–water partition coefficient (Wildman–Crippen LogP) is 17.5.